The molecule has 2 saturated carbocycles. The standard InChI is InChI=1S/C16H27N5/c1-2-11-3-5-12(6-4-11)10-18-14-9-15(21-17)20-16(19-14)13-7-8-13/h9,11-13H,2-8,10,17H2,1H3,(H2,18,19,20,21). The number of rotatable bonds is 6. The fraction of sp³-hybridized carbons (Fsp3) is 0.750. The van der Waals surface area contributed by atoms with Crippen LogP contribution in [-0.2, 0) is 0 Å². The minimum absolute atomic E-state index is 0.541. The van der Waals surface area contributed by atoms with Crippen LogP contribution in [0, 0.1) is 11.8 Å². The van der Waals surface area contributed by atoms with Crippen molar-refractivity contribution >= 4 is 11.6 Å². The van der Waals surface area contributed by atoms with E-state index in [0.717, 1.165) is 30.0 Å². The first-order valence-corrected chi connectivity index (χ1v) is 8.38. The molecule has 2 fully saturated rings. The fourth-order valence-corrected chi connectivity index (χ4v) is 3.25. The third-order valence-electron chi connectivity index (χ3n) is 4.95. The van der Waals surface area contributed by atoms with Crippen LogP contribution in [0.4, 0.5) is 11.6 Å². The molecule has 2 aliphatic rings. The van der Waals surface area contributed by atoms with Gasteiger partial charge in [-0.15, -0.1) is 0 Å². The van der Waals surface area contributed by atoms with Gasteiger partial charge in [-0.3, -0.25) is 0 Å². The van der Waals surface area contributed by atoms with Crippen molar-refractivity contribution in [2.75, 3.05) is 17.3 Å². The van der Waals surface area contributed by atoms with Crippen molar-refractivity contribution in [3.8, 4) is 0 Å². The highest BCUT2D eigenvalue weighted by Crippen LogP contribution is 2.39. The van der Waals surface area contributed by atoms with Gasteiger partial charge in [-0.1, -0.05) is 26.2 Å². The number of hydrogen-bond donors (Lipinski definition) is 3. The SMILES string of the molecule is CCC1CCC(CNc2cc(NN)nc(C3CC3)n2)CC1. The molecule has 21 heavy (non-hydrogen) atoms. The molecule has 0 aliphatic heterocycles. The van der Waals surface area contributed by atoms with Gasteiger partial charge in [-0.05, 0) is 37.5 Å². The summed E-state index contributed by atoms with van der Waals surface area (Å²) >= 11 is 0. The maximum Gasteiger partial charge on any atom is 0.145 e. The summed E-state index contributed by atoms with van der Waals surface area (Å²) in [5.74, 6) is 10.3. The molecule has 0 spiro atoms. The van der Waals surface area contributed by atoms with Crippen molar-refractivity contribution < 1.29 is 0 Å². The molecule has 0 saturated heterocycles. The second-order valence-corrected chi connectivity index (χ2v) is 6.59. The molecule has 2 aliphatic carbocycles. The number of aromatic nitrogens is 2. The zero-order chi connectivity index (χ0) is 14.7. The predicted octanol–water partition coefficient (Wildman–Crippen LogP) is 3.27. The summed E-state index contributed by atoms with van der Waals surface area (Å²) in [6.45, 7) is 3.33. The van der Waals surface area contributed by atoms with Crippen LogP contribution >= 0.6 is 0 Å². The van der Waals surface area contributed by atoms with Crippen LogP contribution < -0.4 is 16.6 Å². The zero-order valence-electron chi connectivity index (χ0n) is 12.9. The third-order valence-corrected chi connectivity index (χ3v) is 4.95. The molecular formula is C16H27N5. The summed E-state index contributed by atoms with van der Waals surface area (Å²) in [5, 5.41) is 3.50. The lowest BCUT2D eigenvalue weighted by Crippen LogP contribution is -2.21. The van der Waals surface area contributed by atoms with Gasteiger partial charge >= 0.3 is 0 Å². The summed E-state index contributed by atoms with van der Waals surface area (Å²) in [6.07, 6.45) is 9.19. The number of nitrogens with two attached hydrogens (primary N) is 1. The minimum Gasteiger partial charge on any atom is -0.370 e. The molecule has 5 nitrogen and oxygen atoms in total. The number of nitrogens with one attached hydrogen (secondary N) is 2. The summed E-state index contributed by atoms with van der Waals surface area (Å²) in [4.78, 5) is 9.08. The molecule has 0 amide bonds. The quantitative estimate of drug-likeness (QED) is 0.553. The molecule has 1 aromatic rings. The van der Waals surface area contributed by atoms with Crippen LogP contribution in [0.15, 0.2) is 6.07 Å². The largest absolute Gasteiger partial charge is 0.370 e. The molecule has 116 valence electrons. The van der Waals surface area contributed by atoms with Crippen molar-refractivity contribution in [2.24, 2.45) is 17.7 Å². The van der Waals surface area contributed by atoms with Gasteiger partial charge < -0.3 is 10.7 Å². The summed E-state index contributed by atoms with van der Waals surface area (Å²) < 4.78 is 0. The van der Waals surface area contributed by atoms with E-state index in [2.05, 4.69) is 27.6 Å². The molecule has 1 heterocycles. The van der Waals surface area contributed by atoms with Crippen LogP contribution in [0.2, 0.25) is 0 Å². The van der Waals surface area contributed by atoms with Gasteiger partial charge in [0.2, 0.25) is 0 Å². The maximum atomic E-state index is 5.51. The van der Waals surface area contributed by atoms with Crippen molar-refractivity contribution in [2.45, 2.75) is 57.8 Å². The van der Waals surface area contributed by atoms with Crippen molar-refractivity contribution in [3.63, 3.8) is 0 Å². The first-order valence-electron chi connectivity index (χ1n) is 8.38. The molecule has 0 radical (unpaired) electrons. The average molecular weight is 289 g/mol. The van der Waals surface area contributed by atoms with E-state index < -0.39 is 0 Å². The van der Waals surface area contributed by atoms with Gasteiger partial charge in [-0.25, -0.2) is 15.8 Å². The average Bonchev–Trinajstić information content (AvgIpc) is 3.38. The van der Waals surface area contributed by atoms with Crippen molar-refractivity contribution in [1.29, 1.82) is 0 Å². The molecule has 0 unspecified atom stereocenters. The lowest BCUT2D eigenvalue weighted by molar-refractivity contribution is 0.278. The molecule has 4 N–H and O–H groups in total. The van der Waals surface area contributed by atoms with Gasteiger partial charge in [0.1, 0.15) is 17.5 Å². The number of nitrogens with zero attached hydrogens (tertiary/aromatic N) is 2. The lowest BCUT2D eigenvalue weighted by Gasteiger charge is -2.28. The zero-order valence-corrected chi connectivity index (χ0v) is 12.9. The van der Waals surface area contributed by atoms with Crippen LogP contribution in [-0.4, -0.2) is 16.5 Å². The highest BCUT2D eigenvalue weighted by molar-refractivity contribution is 5.47. The Kier molecular flexibility index (Phi) is 4.58. The van der Waals surface area contributed by atoms with Crippen LogP contribution in [0.3, 0.4) is 0 Å². The van der Waals surface area contributed by atoms with Crippen molar-refractivity contribution in [1.82, 2.24) is 9.97 Å². The summed E-state index contributed by atoms with van der Waals surface area (Å²) in [5.41, 5.74) is 2.65. The number of hydrazine groups is 1. The van der Waals surface area contributed by atoms with Gasteiger partial charge in [0, 0.05) is 18.5 Å². The maximum absolute atomic E-state index is 5.51. The lowest BCUT2D eigenvalue weighted by atomic mass is 9.81. The van der Waals surface area contributed by atoms with E-state index in [1.54, 1.807) is 0 Å². The van der Waals surface area contributed by atoms with E-state index in [4.69, 9.17) is 5.84 Å². The first-order chi connectivity index (χ1) is 10.3. The number of hydrogen-bond acceptors (Lipinski definition) is 5. The molecule has 5 heteroatoms. The second-order valence-electron chi connectivity index (χ2n) is 6.59. The molecule has 0 bridgehead atoms. The van der Waals surface area contributed by atoms with E-state index in [9.17, 15) is 0 Å². The van der Waals surface area contributed by atoms with Crippen LogP contribution in [0.1, 0.15) is 63.6 Å². The Bertz CT molecular complexity index is 464. The molecular weight excluding hydrogens is 262 g/mol. The van der Waals surface area contributed by atoms with E-state index in [1.807, 2.05) is 6.07 Å². The molecule has 3 rings (SSSR count). The topological polar surface area (TPSA) is 75.9 Å². The van der Waals surface area contributed by atoms with Crippen molar-refractivity contribution in [3.05, 3.63) is 11.9 Å². The van der Waals surface area contributed by atoms with Gasteiger partial charge in [-0.2, -0.15) is 0 Å². The summed E-state index contributed by atoms with van der Waals surface area (Å²) in [7, 11) is 0. The summed E-state index contributed by atoms with van der Waals surface area (Å²) in [6, 6.07) is 1.91. The van der Waals surface area contributed by atoms with Gasteiger partial charge in [0.15, 0.2) is 0 Å². The van der Waals surface area contributed by atoms with Crippen LogP contribution in [0.5, 0.6) is 0 Å². The number of anilines is 2. The predicted molar refractivity (Wildman–Crippen MR) is 86.0 cm³/mol. The third kappa shape index (κ3) is 3.84. The fourth-order valence-electron chi connectivity index (χ4n) is 3.25. The van der Waals surface area contributed by atoms with E-state index in [1.165, 1.54) is 44.9 Å². The Hall–Kier alpha value is -1.36. The number of nitrogen functional groups attached to an aromatic ring is 1. The normalized spacial score (nSPS) is 25.6. The smallest absolute Gasteiger partial charge is 0.145 e. The van der Waals surface area contributed by atoms with Gasteiger partial charge in [0.05, 0.1) is 0 Å². The second kappa shape index (κ2) is 6.60. The highest BCUT2D eigenvalue weighted by atomic mass is 15.3. The Morgan fingerprint density at radius 1 is 1.05 bits per heavy atom. The molecule has 1 aromatic heterocycles. The molecule has 0 aromatic carbocycles. The Morgan fingerprint density at radius 2 is 1.71 bits per heavy atom. The monoisotopic (exact) mass is 289 g/mol. The Labute approximate surface area is 127 Å². The Balaban J connectivity index is 1.56. The first kappa shape index (κ1) is 14.6. The molecule has 0 atom stereocenters. The minimum atomic E-state index is 0.541. The van der Waals surface area contributed by atoms with Crippen LogP contribution in [0.25, 0.3) is 0 Å². The Morgan fingerprint density at radius 3 is 2.33 bits per heavy atom. The van der Waals surface area contributed by atoms with E-state index in [-0.39, 0.29) is 0 Å². The van der Waals surface area contributed by atoms with E-state index >= 15 is 0 Å². The van der Waals surface area contributed by atoms with Gasteiger partial charge in [0.25, 0.3) is 0 Å². The highest BCUT2D eigenvalue weighted by Gasteiger charge is 2.27. The van der Waals surface area contributed by atoms with E-state index in [0.29, 0.717) is 11.7 Å².